The summed E-state index contributed by atoms with van der Waals surface area (Å²) in [5, 5.41) is -0.0678. The van der Waals surface area contributed by atoms with Crippen LogP contribution in [-0.2, 0) is 0 Å². The number of rotatable bonds is 1. The molecule has 0 fully saturated rings. The van der Waals surface area contributed by atoms with Gasteiger partial charge in [0, 0.05) is 10.7 Å². The van der Waals surface area contributed by atoms with Crippen LogP contribution in [0, 0.1) is 6.92 Å². The van der Waals surface area contributed by atoms with E-state index in [1.165, 1.54) is 4.40 Å². The van der Waals surface area contributed by atoms with Crippen LogP contribution in [0.3, 0.4) is 0 Å². The van der Waals surface area contributed by atoms with Crippen LogP contribution in [0.15, 0.2) is 21.5 Å². The smallest absolute Gasteiger partial charge is 0.270 e. The van der Waals surface area contributed by atoms with E-state index in [0.29, 0.717) is 11.9 Å². The average molecular weight is 302 g/mol. The molecule has 2 rings (SSSR count). The van der Waals surface area contributed by atoms with E-state index < -0.39 is 5.56 Å². The summed E-state index contributed by atoms with van der Waals surface area (Å²) in [5.41, 5.74) is 0.753. The van der Waals surface area contributed by atoms with Gasteiger partial charge in [-0.2, -0.15) is 0 Å². The van der Waals surface area contributed by atoms with Crippen LogP contribution in [0.5, 0.6) is 0 Å². The zero-order valence-electron chi connectivity index (χ0n) is 8.20. The first-order valence-corrected chi connectivity index (χ1v) is 5.55. The second-order valence-electron chi connectivity index (χ2n) is 3.27. The van der Waals surface area contributed by atoms with E-state index in [9.17, 15) is 9.59 Å². The van der Waals surface area contributed by atoms with Gasteiger partial charge in [0.15, 0.2) is 6.29 Å². The third-order valence-corrected chi connectivity index (χ3v) is 3.33. The molecule has 0 amide bonds. The van der Waals surface area contributed by atoms with Crippen LogP contribution in [-0.4, -0.2) is 15.7 Å². The molecule has 0 aliphatic carbocycles. The number of nitrogens with zero attached hydrogens (tertiary/aromatic N) is 2. The molecule has 0 radical (unpaired) electrons. The van der Waals surface area contributed by atoms with Crippen molar-refractivity contribution in [3.05, 3.63) is 43.4 Å². The van der Waals surface area contributed by atoms with Crippen molar-refractivity contribution in [2.75, 3.05) is 0 Å². The molecular formula is C10H6BrClN2O2. The Morgan fingerprint density at radius 3 is 2.88 bits per heavy atom. The molecule has 0 atom stereocenters. The van der Waals surface area contributed by atoms with Gasteiger partial charge in [0.05, 0.1) is 0 Å². The number of halogens is 2. The average Bonchev–Trinajstić information content (AvgIpc) is 2.22. The van der Waals surface area contributed by atoms with Gasteiger partial charge in [0.2, 0.25) is 0 Å². The molecule has 2 heterocycles. The largest absolute Gasteiger partial charge is 0.298 e. The highest BCUT2D eigenvalue weighted by molar-refractivity contribution is 9.10. The lowest BCUT2D eigenvalue weighted by Crippen LogP contribution is -2.20. The van der Waals surface area contributed by atoms with E-state index >= 15 is 0 Å². The zero-order valence-corrected chi connectivity index (χ0v) is 10.5. The van der Waals surface area contributed by atoms with Crippen LogP contribution in [0.4, 0.5) is 0 Å². The van der Waals surface area contributed by atoms with Crippen molar-refractivity contribution >= 4 is 39.5 Å². The molecule has 4 nitrogen and oxygen atoms in total. The molecule has 2 aromatic heterocycles. The first kappa shape index (κ1) is 11.3. The highest BCUT2D eigenvalue weighted by atomic mass is 79.9. The molecule has 0 aromatic carbocycles. The number of aromatic nitrogens is 2. The third kappa shape index (κ3) is 1.66. The molecule has 0 saturated heterocycles. The number of hydrogen-bond donors (Lipinski definition) is 0. The molecule has 0 unspecified atom stereocenters. The lowest BCUT2D eigenvalue weighted by atomic mass is 10.3. The number of fused-ring (bicyclic) bond motifs is 1. The first-order chi connectivity index (χ1) is 7.54. The maximum absolute atomic E-state index is 11.8. The van der Waals surface area contributed by atoms with Crippen molar-refractivity contribution in [2.24, 2.45) is 0 Å². The fourth-order valence-electron chi connectivity index (χ4n) is 1.34. The molecule has 0 spiro atoms. The van der Waals surface area contributed by atoms with Gasteiger partial charge in [0.1, 0.15) is 16.4 Å². The van der Waals surface area contributed by atoms with Gasteiger partial charge < -0.3 is 0 Å². The number of carbonyl (C=O) groups is 1. The molecule has 0 bridgehead atoms. The van der Waals surface area contributed by atoms with Gasteiger partial charge in [-0.3, -0.25) is 14.0 Å². The molecule has 0 aliphatic heterocycles. The SMILES string of the molecule is Cc1cc2nc(Cl)c(C=O)c(=O)n2cc1Br. The van der Waals surface area contributed by atoms with E-state index in [-0.39, 0.29) is 10.7 Å². The summed E-state index contributed by atoms with van der Waals surface area (Å²) in [6.07, 6.45) is 1.99. The third-order valence-electron chi connectivity index (χ3n) is 2.21. The Labute approximate surface area is 104 Å². The molecular weight excluding hydrogens is 295 g/mol. The minimum absolute atomic E-state index is 0.0678. The van der Waals surface area contributed by atoms with Gasteiger partial charge in [0.25, 0.3) is 5.56 Å². The summed E-state index contributed by atoms with van der Waals surface area (Å²) in [6.45, 7) is 1.87. The van der Waals surface area contributed by atoms with E-state index in [1.807, 2.05) is 6.92 Å². The van der Waals surface area contributed by atoms with Crippen molar-refractivity contribution in [1.29, 1.82) is 0 Å². The first-order valence-electron chi connectivity index (χ1n) is 4.38. The summed E-state index contributed by atoms with van der Waals surface area (Å²) in [6, 6.07) is 1.71. The fourth-order valence-corrected chi connectivity index (χ4v) is 1.87. The summed E-state index contributed by atoms with van der Waals surface area (Å²) in [7, 11) is 0. The number of hydrogen-bond acceptors (Lipinski definition) is 3. The molecule has 82 valence electrons. The minimum Gasteiger partial charge on any atom is -0.298 e. The summed E-state index contributed by atoms with van der Waals surface area (Å²) >= 11 is 9.04. The van der Waals surface area contributed by atoms with Gasteiger partial charge in [-0.05, 0) is 34.5 Å². The Kier molecular flexibility index (Phi) is 2.82. The lowest BCUT2D eigenvalue weighted by Gasteiger charge is -2.05. The summed E-state index contributed by atoms with van der Waals surface area (Å²) < 4.78 is 2.05. The minimum atomic E-state index is -0.467. The molecule has 0 saturated carbocycles. The maximum Gasteiger partial charge on any atom is 0.270 e. The Bertz CT molecular complexity index is 651. The monoisotopic (exact) mass is 300 g/mol. The van der Waals surface area contributed by atoms with Crippen LogP contribution in [0.1, 0.15) is 15.9 Å². The standard InChI is InChI=1S/C10H6BrClN2O2/c1-5-2-8-13-9(12)6(4-15)10(16)14(8)3-7(5)11/h2-4H,1H3. The quantitative estimate of drug-likeness (QED) is 0.599. The molecule has 0 aliphatic rings. The number of aryl methyl sites for hydroxylation is 1. The normalized spacial score (nSPS) is 10.7. The topological polar surface area (TPSA) is 51.4 Å². The molecule has 6 heteroatoms. The van der Waals surface area contributed by atoms with Crippen molar-refractivity contribution < 1.29 is 4.79 Å². The summed E-state index contributed by atoms with van der Waals surface area (Å²) in [4.78, 5) is 26.5. The molecule has 2 aromatic rings. The Morgan fingerprint density at radius 2 is 2.25 bits per heavy atom. The van der Waals surface area contributed by atoms with Crippen LogP contribution < -0.4 is 5.56 Å². The van der Waals surface area contributed by atoms with Crippen LogP contribution in [0.2, 0.25) is 5.15 Å². The van der Waals surface area contributed by atoms with Gasteiger partial charge in [-0.15, -0.1) is 0 Å². The van der Waals surface area contributed by atoms with Crippen molar-refractivity contribution in [1.82, 2.24) is 9.38 Å². The van der Waals surface area contributed by atoms with Crippen molar-refractivity contribution in [3.8, 4) is 0 Å². The highest BCUT2D eigenvalue weighted by Crippen LogP contribution is 2.17. The Balaban J connectivity index is 2.99. The van der Waals surface area contributed by atoms with E-state index in [0.717, 1.165) is 10.0 Å². The number of carbonyl (C=O) groups excluding carboxylic acids is 1. The Hall–Kier alpha value is -1.20. The van der Waals surface area contributed by atoms with Crippen LogP contribution in [0.25, 0.3) is 5.65 Å². The number of aldehydes is 1. The fraction of sp³-hybridized carbons (Fsp3) is 0.100. The zero-order chi connectivity index (χ0) is 11.9. The van der Waals surface area contributed by atoms with Gasteiger partial charge in [-0.25, -0.2) is 4.98 Å². The summed E-state index contributed by atoms with van der Waals surface area (Å²) in [5.74, 6) is 0. The van der Waals surface area contributed by atoms with E-state index in [2.05, 4.69) is 20.9 Å². The predicted molar refractivity (Wildman–Crippen MR) is 64.3 cm³/mol. The van der Waals surface area contributed by atoms with Crippen molar-refractivity contribution in [2.45, 2.75) is 6.92 Å². The number of pyridine rings is 1. The van der Waals surface area contributed by atoms with E-state index in [1.54, 1.807) is 12.3 Å². The Morgan fingerprint density at radius 1 is 1.56 bits per heavy atom. The predicted octanol–water partition coefficient (Wildman–Crippen LogP) is 2.23. The maximum atomic E-state index is 11.8. The van der Waals surface area contributed by atoms with E-state index in [4.69, 9.17) is 11.6 Å². The second-order valence-corrected chi connectivity index (χ2v) is 4.48. The van der Waals surface area contributed by atoms with Crippen molar-refractivity contribution in [3.63, 3.8) is 0 Å². The van der Waals surface area contributed by atoms with Gasteiger partial charge >= 0.3 is 0 Å². The molecule has 16 heavy (non-hydrogen) atoms. The molecule has 0 N–H and O–H groups in total. The second kappa shape index (κ2) is 3.99. The lowest BCUT2D eigenvalue weighted by molar-refractivity contribution is 0.112. The highest BCUT2D eigenvalue weighted by Gasteiger charge is 2.11. The van der Waals surface area contributed by atoms with Gasteiger partial charge in [-0.1, -0.05) is 11.6 Å². The van der Waals surface area contributed by atoms with Crippen LogP contribution >= 0.6 is 27.5 Å².